The molecular formula is C16H12NO5S-. The number of ether oxygens (including phenoxy) is 1. The quantitative estimate of drug-likeness (QED) is 0.275. The number of rotatable bonds is 5. The van der Waals surface area contributed by atoms with Crippen LogP contribution in [0.25, 0.3) is 0 Å². The van der Waals surface area contributed by atoms with Crippen molar-refractivity contribution in [2.45, 2.75) is 11.8 Å². The van der Waals surface area contributed by atoms with E-state index >= 15 is 0 Å². The number of hydrogen-bond acceptors (Lipinski definition) is 6. The molecule has 0 aromatic heterocycles. The number of ketones is 1. The lowest BCUT2D eigenvalue weighted by Gasteiger charge is -2.12. The Kier molecular flexibility index (Phi) is 5.02. The molecule has 0 saturated heterocycles. The molecule has 0 radical (unpaired) electrons. The number of carbonyl (C=O) groups excluding carboxylic acids is 2. The first-order chi connectivity index (χ1) is 10.9. The van der Waals surface area contributed by atoms with Crippen LogP contribution in [0.15, 0.2) is 47.4 Å². The SMILES string of the molecule is Cc1ccc(C(=O)COC(=O)c2ccccc2[S-])cc1[N+](=O)[O-]. The molecule has 2 aromatic rings. The molecule has 7 heteroatoms. The van der Waals surface area contributed by atoms with E-state index in [2.05, 4.69) is 0 Å². The van der Waals surface area contributed by atoms with E-state index < -0.39 is 23.3 Å². The number of Topliss-reactive ketones (excluding diaryl/α,β-unsaturated/α-hetero) is 1. The first-order valence-corrected chi connectivity index (χ1v) is 7.02. The molecule has 0 heterocycles. The van der Waals surface area contributed by atoms with Crippen LogP contribution < -0.4 is 0 Å². The number of hydrogen-bond donors (Lipinski definition) is 0. The molecule has 0 aliphatic carbocycles. The third-order valence-corrected chi connectivity index (χ3v) is 3.53. The lowest BCUT2D eigenvalue weighted by atomic mass is 10.1. The van der Waals surface area contributed by atoms with Gasteiger partial charge in [-0.3, -0.25) is 14.9 Å². The van der Waals surface area contributed by atoms with Gasteiger partial charge in [-0.25, -0.2) is 4.79 Å². The second-order valence-corrected chi connectivity index (χ2v) is 5.19. The van der Waals surface area contributed by atoms with Crippen LogP contribution in [0.5, 0.6) is 0 Å². The standard InChI is InChI=1S/C16H13NO5S/c1-10-6-7-11(8-13(10)17(20)21)14(18)9-22-16(19)12-4-2-3-5-15(12)23/h2-8,23H,9H2,1H3/p-1. The summed E-state index contributed by atoms with van der Waals surface area (Å²) in [5.74, 6) is -1.23. The summed E-state index contributed by atoms with van der Waals surface area (Å²) in [6, 6.07) is 10.5. The average molecular weight is 330 g/mol. The maximum atomic E-state index is 12.0. The highest BCUT2D eigenvalue weighted by molar-refractivity contribution is 7.58. The van der Waals surface area contributed by atoms with Crippen molar-refractivity contribution in [3.63, 3.8) is 0 Å². The van der Waals surface area contributed by atoms with Crippen molar-refractivity contribution in [3.05, 3.63) is 69.3 Å². The van der Waals surface area contributed by atoms with Crippen molar-refractivity contribution in [1.82, 2.24) is 0 Å². The third-order valence-electron chi connectivity index (χ3n) is 3.17. The Balaban J connectivity index is 2.08. The fraction of sp³-hybridized carbons (Fsp3) is 0.125. The summed E-state index contributed by atoms with van der Waals surface area (Å²) in [5, 5.41) is 10.9. The molecule has 0 fully saturated rings. The predicted molar refractivity (Wildman–Crippen MR) is 84.5 cm³/mol. The molecule has 0 bridgehead atoms. The third kappa shape index (κ3) is 3.89. The molecule has 0 saturated carbocycles. The van der Waals surface area contributed by atoms with E-state index in [1.165, 1.54) is 24.3 Å². The van der Waals surface area contributed by atoms with Crippen molar-refractivity contribution in [2.75, 3.05) is 6.61 Å². The summed E-state index contributed by atoms with van der Waals surface area (Å²) in [6.45, 7) is 1.07. The molecule has 0 unspecified atom stereocenters. The second kappa shape index (κ2) is 6.97. The lowest BCUT2D eigenvalue weighted by Crippen LogP contribution is -2.15. The van der Waals surface area contributed by atoms with Crippen LogP contribution in [0.4, 0.5) is 5.69 Å². The molecule has 6 nitrogen and oxygen atoms in total. The Morgan fingerprint density at radius 2 is 1.91 bits per heavy atom. The van der Waals surface area contributed by atoms with E-state index in [1.807, 2.05) is 0 Å². The minimum atomic E-state index is -0.703. The topological polar surface area (TPSA) is 86.5 Å². The van der Waals surface area contributed by atoms with Gasteiger partial charge in [0.2, 0.25) is 5.78 Å². The highest BCUT2D eigenvalue weighted by Gasteiger charge is 2.16. The first kappa shape index (κ1) is 16.6. The van der Waals surface area contributed by atoms with Gasteiger partial charge in [-0.15, -0.1) is 0 Å². The fourth-order valence-corrected chi connectivity index (χ4v) is 2.14. The average Bonchev–Trinajstić information content (AvgIpc) is 2.52. The van der Waals surface area contributed by atoms with Crippen LogP contribution in [-0.2, 0) is 17.4 Å². The van der Waals surface area contributed by atoms with Crippen molar-refractivity contribution < 1.29 is 19.2 Å². The smallest absolute Gasteiger partial charge is 0.337 e. The van der Waals surface area contributed by atoms with E-state index in [9.17, 15) is 19.7 Å². The summed E-state index contributed by atoms with van der Waals surface area (Å²) < 4.78 is 4.93. The molecule has 0 amide bonds. The van der Waals surface area contributed by atoms with Gasteiger partial charge in [-0.05, 0) is 13.0 Å². The zero-order valence-electron chi connectivity index (χ0n) is 12.1. The highest BCUT2D eigenvalue weighted by atomic mass is 32.1. The van der Waals surface area contributed by atoms with Gasteiger partial charge in [0.05, 0.1) is 4.92 Å². The molecule has 2 rings (SSSR count). The van der Waals surface area contributed by atoms with Crippen LogP contribution in [0.1, 0.15) is 26.3 Å². The van der Waals surface area contributed by atoms with Crippen molar-refractivity contribution in [1.29, 1.82) is 0 Å². The van der Waals surface area contributed by atoms with Gasteiger partial charge in [0.15, 0.2) is 6.61 Å². The van der Waals surface area contributed by atoms with Crippen molar-refractivity contribution >= 4 is 30.1 Å². The van der Waals surface area contributed by atoms with Gasteiger partial charge in [-0.1, -0.05) is 30.3 Å². The number of carbonyl (C=O) groups is 2. The Bertz CT molecular complexity index is 788. The Labute approximate surface area is 137 Å². The fourth-order valence-electron chi connectivity index (χ4n) is 1.91. The summed E-state index contributed by atoms with van der Waals surface area (Å²) in [5.41, 5.74) is 0.605. The van der Waals surface area contributed by atoms with Gasteiger partial charge in [0.25, 0.3) is 5.69 Å². The number of benzene rings is 2. The summed E-state index contributed by atoms with van der Waals surface area (Å²) >= 11 is 5.00. The van der Waals surface area contributed by atoms with Crippen LogP contribution >= 0.6 is 0 Å². The van der Waals surface area contributed by atoms with E-state index in [0.717, 1.165) is 0 Å². The lowest BCUT2D eigenvalue weighted by molar-refractivity contribution is -0.385. The maximum absolute atomic E-state index is 12.0. The van der Waals surface area contributed by atoms with Gasteiger partial charge in [0, 0.05) is 22.8 Å². The summed E-state index contributed by atoms with van der Waals surface area (Å²) in [7, 11) is 0. The normalized spacial score (nSPS) is 10.1. The number of nitro benzene ring substituents is 1. The largest absolute Gasteiger partial charge is 0.779 e. The monoisotopic (exact) mass is 330 g/mol. The molecular weight excluding hydrogens is 318 g/mol. The summed E-state index contributed by atoms with van der Waals surface area (Å²) in [6.07, 6.45) is 0. The van der Waals surface area contributed by atoms with Gasteiger partial charge >= 0.3 is 5.97 Å². The number of esters is 1. The molecule has 2 aromatic carbocycles. The van der Waals surface area contributed by atoms with E-state index in [-0.39, 0.29) is 16.8 Å². The van der Waals surface area contributed by atoms with E-state index in [0.29, 0.717) is 10.5 Å². The Morgan fingerprint density at radius 3 is 2.57 bits per heavy atom. The van der Waals surface area contributed by atoms with Crippen LogP contribution in [0, 0.1) is 17.0 Å². The number of nitro groups is 1. The molecule has 23 heavy (non-hydrogen) atoms. The molecule has 0 aliphatic rings. The van der Waals surface area contributed by atoms with Crippen LogP contribution in [-0.4, -0.2) is 23.3 Å². The van der Waals surface area contributed by atoms with Gasteiger partial charge in [0.1, 0.15) is 0 Å². The minimum Gasteiger partial charge on any atom is -0.779 e. The molecule has 0 atom stereocenters. The number of nitrogens with zero attached hydrogens (tertiary/aromatic N) is 1. The molecule has 0 spiro atoms. The zero-order chi connectivity index (χ0) is 17.0. The van der Waals surface area contributed by atoms with Gasteiger partial charge < -0.3 is 17.4 Å². The van der Waals surface area contributed by atoms with Crippen LogP contribution in [0.3, 0.4) is 0 Å². The molecule has 0 aliphatic heterocycles. The second-order valence-electron chi connectivity index (χ2n) is 4.75. The maximum Gasteiger partial charge on any atom is 0.337 e. The van der Waals surface area contributed by atoms with E-state index in [4.69, 9.17) is 17.4 Å². The van der Waals surface area contributed by atoms with E-state index in [1.54, 1.807) is 25.1 Å². The summed E-state index contributed by atoms with van der Waals surface area (Å²) in [4.78, 5) is 34.6. The molecule has 118 valence electrons. The van der Waals surface area contributed by atoms with Gasteiger partial charge in [-0.2, -0.15) is 4.90 Å². The van der Waals surface area contributed by atoms with Crippen molar-refractivity contribution in [3.8, 4) is 0 Å². The predicted octanol–water partition coefficient (Wildman–Crippen LogP) is 2.85. The van der Waals surface area contributed by atoms with Crippen molar-refractivity contribution in [2.24, 2.45) is 0 Å². The zero-order valence-corrected chi connectivity index (χ0v) is 13.0. The van der Waals surface area contributed by atoms with Crippen LogP contribution in [0.2, 0.25) is 0 Å². The molecule has 0 N–H and O–H groups in total. The minimum absolute atomic E-state index is 0.113. The Morgan fingerprint density at radius 1 is 1.22 bits per heavy atom. The first-order valence-electron chi connectivity index (χ1n) is 6.61. The Hall–Kier alpha value is -2.80. The number of aryl methyl sites for hydroxylation is 1. The highest BCUT2D eigenvalue weighted by Crippen LogP contribution is 2.19.